The molecular formula is C16H23NO2. The molecular weight excluding hydrogens is 238 g/mol. The number of carbonyl (C=O) groups is 1. The Labute approximate surface area is 115 Å². The Hall–Kier alpha value is -1.19. The standard InChI is InChI=1S/C16H23NO2/c1-11-7-12(2)16(13(3)8-11)15(19)10-17-6-4-5-14(18)9-17/h7-8,14,18H,4-6,9-10H2,1-3H3. The molecule has 0 radical (unpaired) electrons. The minimum Gasteiger partial charge on any atom is -0.392 e. The van der Waals surface area contributed by atoms with E-state index in [-0.39, 0.29) is 11.9 Å². The summed E-state index contributed by atoms with van der Waals surface area (Å²) in [5.41, 5.74) is 4.16. The van der Waals surface area contributed by atoms with Crippen molar-refractivity contribution in [2.45, 2.75) is 39.7 Å². The summed E-state index contributed by atoms with van der Waals surface area (Å²) in [4.78, 5) is 14.5. The fourth-order valence-corrected chi connectivity index (χ4v) is 3.08. The van der Waals surface area contributed by atoms with Crippen LogP contribution in [0.25, 0.3) is 0 Å². The van der Waals surface area contributed by atoms with Gasteiger partial charge in [0.05, 0.1) is 12.6 Å². The molecule has 1 fully saturated rings. The Bertz CT molecular complexity index is 459. The van der Waals surface area contributed by atoms with E-state index in [1.807, 2.05) is 13.8 Å². The number of hydrogen-bond donors (Lipinski definition) is 1. The number of piperidine rings is 1. The van der Waals surface area contributed by atoms with Crippen molar-refractivity contribution in [2.75, 3.05) is 19.6 Å². The summed E-state index contributed by atoms with van der Waals surface area (Å²) in [7, 11) is 0. The van der Waals surface area contributed by atoms with Crippen molar-refractivity contribution in [1.29, 1.82) is 0 Å². The lowest BCUT2D eigenvalue weighted by Crippen LogP contribution is -2.41. The SMILES string of the molecule is Cc1cc(C)c(C(=O)CN2CCCC(O)C2)c(C)c1. The van der Waals surface area contributed by atoms with Crippen LogP contribution >= 0.6 is 0 Å². The number of Topliss-reactive ketones (excluding diaryl/α,β-unsaturated/α-hetero) is 1. The summed E-state index contributed by atoms with van der Waals surface area (Å²) in [6.07, 6.45) is 1.55. The van der Waals surface area contributed by atoms with Gasteiger partial charge in [0.25, 0.3) is 0 Å². The number of ketones is 1. The normalized spacial score (nSPS) is 20.5. The predicted octanol–water partition coefficient (Wildman–Crippen LogP) is 2.25. The highest BCUT2D eigenvalue weighted by atomic mass is 16.3. The van der Waals surface area contributed by atoms with Crippen LogP contribution in [0.15, 0.2) is 12.1 Å². The van der Waals surface area contributed by atoms with Gasteiger partial charge in [0, 0.05) is 12.1 Å². The van der Waals surface area contributed by atoms with E-state index in [1.165, 1.54) is 5.56 Å². The molecule has 2 rings (SSSR count). The molecule has 0 bridgehead atoms. The van der Waals surface area contributed by atoms with Gasteiger partial charge in [-0.3, -0.25) is 9.69 Å². The molecule has 19 heavy (non-hydrogen) atoms. The van der Waals surface area contributed by atoms with Crippen LogP contribution in [-0.4, -0.2) is 41.5 Å². The molecule has 1 heterocycles. The molecule has 0 aromatic heterocycles. The molecule has 1 saturated heterocycles. The first-order chi connectivity index (χ1) is 8.97. The van der Waals surface area contributed by atoms with E-state index in [0.29, 0.717) is 13.1 Å². The minimum absolute atomic E-state index is 0.170. The maximum atomic E-state index is 12.4. The lowest BCUT2D eigenvalue weighted by Gasteiger charge is -2.29. The second kappa shape index (κ2) is 5.85. The molecule has 1 unspecified atom stereocenters. The number of benzene rings is 1. The fourth-order valence-electron chi connectivity index (χ4n) is 3.08. The minimum atomic E-state index is -0.276. The first kappa shape index (κ1) is 14.2. The molecule has 0 saturated carbocycles. The number of carbonyl (C=O) groups excluding carboxylic acids is 1. The summed E-state index contributed by atoms with van der Waals surface area (Å²) >= 11 is 0. The van der Waals surface area contributed by atoms with Crippen molar-refractivity contribution in [2.24, 2.45) is 0 Å². The van der Waals surface area contributed by atoms with E-state index >= 15 is 0 Å². The van der Waals surface area contributed by atoms with Gasteiger partial charge >= 0.3 is 0 Å². The van der Waals surface area contributed by atoms with Gasteiger partial charge in [0.15, 0.2) is 5.78 Å². The molecule has 0 aliphatic carbocycles. The van der Waals surface area contributed by atoms with E-state index in [1.54, 1.807) is 0 Å². The Morgan fingerprint density at radius 3 is 2.53 bits per heavy atom. The Morgan fingerprint density at radius 1 is 1.32 bits per heavy atom. The lowest BCUT2D eigenvalue weighted by atomic mass is 9.96. The van der Waals surface area contributed by atoms with Crippen molar-refractivity contribution in [1.82, 2.24) is 4.90 Å². The summed E-state index contributed by atoms with van der Waals surface area (Å²) in [5, 5.41) is 9.66. The van der Waals surface area contributed by atoms with Crippen molar-refractivity contribution in [3.8, 4) is 0 Å². The number of β-amino-alcohol motifs (C(OH)–C–C–N with tert-alkyl or cyclic N) is 1. The number of hydrogen-bond acceptors (Lipinski definition) is 3. The molecule has 3 heteroatoms. The van der Waals surface area contributed by atoms with Crippen molar-refractivity contribution < 1.29 is 9.90 Å². The predicted molar refractivity (Wildman–Crippen MR) is 76.7 cm³/mol. The van der Waals surface area contributed by atoms with Crippen molar-refractivity contribution >= 4 is 5.78 Å². The van der Waals surface area contributed by atoms with Crippen LogP contribution in [0.5, 0.6) is 0 Å². The van der Waals surface area contributed by atoms with Gasteiger partial charge in [0.1, 0.15) is 0 Å². The fraction of sp³-hybridized carbons (Fsp3) is 0.562. The summed E-state index contributed by atoms with van der Waals surface area (Å²) < 4.78 is 0. The third-order valence-corrected chi connectivity index (χ3v) is 3.80. The van der Waals surface area contributed by atoms with Gasteiger partial charge in [-0.2, -0.15) is 0 Å². The quantitative estimate of drug-likeness (QED) is 0.848. The number of likely N-dealkylation sites (tertiary alicyclic amines) is 1. The van der Waals surface area contributed by atoms with Crippen molar-refractivity contribution in [3.05, 3.63) is 34.4 Å². The van der Waals surface area contributed by atoms with Gasteiger partial charge < -0.3 is 5.11 Å². The Morgan fingerprint density at radius 2 is 1.95 bits per heavy atom. The number of aryl methyl sites for hydroxylation is 3. The second-order valence-electron chi connectivity index (χ2n) is 5.73. The Balaban J connectivity index is 2.12. The number of aliphatic hydroxyl groups is 1. The monoisotopic (exact) mass is 261 g/mol. The average Bonchev–Trinajstić information content (AvgIpc) is 2.27. The number of nitrogens with zero attached hydrogens (tertiary/aromatic N) is 1. The highest BCUT2D eigenvalue weighted by Gasteiger charge is 2.21. The number of aliphatic hydroxyl groups excluding tert-OH is 1. The Kier molecular flexibility index (Phi) is 4.38. The lowest BCUT2D eigenvalue weighted by molar-refractivity contribution is 0.0633. The molecule has 0 amide bonds. The topological polar surface area (TPSA) is 40.5 Å². The third kappa shape index (κ3) is 3.43. The molecule has 1 aliphatic rings. The van der Waals surface area contributed by atoms with E-state index < -0.39 is 0 Å². The van der Waals surface area contributed by atoms with Gasteiger partial charge in [-0.25, -0.2) is 0 Å². The zero-order valence-corrected chi connectivity index (χ0v) is 12.1. The molecule has 1 atom stereocenters. The zero-order valence-electron chi connectivity index (χ0n) is 12.1. The second-order valence-corrected chi connectivity index (χ2v) is 5.73. The summed E-state index contributed by atoms with van der Waals surface area (Å²) in [6, 6.07) is 4.12. The van der Waals surface area contributed by atoms with Gasteiger partial charge in [-0.05, 0) is 51.3 Å². The van der Waals surface area contributed by atoms with Crippen LogP contribution in [-0.2, 0) is 0 Å². The molecule has 1 aromatic carbocycles. The molecule has 1 N–H and O–H groups in total. The third-order valence-electron chi connectivity index (χ3n) is 3.80. The maximum Gasteiger partial charge on any atom is 0.177 e. The summed E-state index contributed by atoms with van der Waals surface area (Å²) in [6.45, 7) is 8.00. The van der Waals surface area contributed by atoms with Gasteiger partial charge in [-0.1, -0.05) is 17.7 Å². The van der Waals surface area contributed by atoms with E-state index in [0.717, 1.165) is 36.1 Å². The summed E-state index contributed by atoms with van der Waals surface area (Å²) in [5.74, 6) is 0.170. The number of rotatable bonds is 3. The van der Waals surface area contributed by atoms with Crippen LogP contribution in [0.3, 0.4) is 0 Å². The van der Waals surface area contributed by atoms with Crippen molar-refractivity contribution in [3.63, 3.8) is 0 Å². The molecule has 3 nitrogen and oxygen atoms in total. The molecule has 1 aromatic rings. The maximum absolute atomic E-state index is 12.4. The molecule has 104 valence electrons. The van der Waals surface area contributed by atoms with E-state index in [2.05, 4.69) is 24.0 Å². The first-order valence-corrected chi connectivity index (χ1v) is 6.99. The first-order valence-electron chi connectivity index (χ1n) is 6.99. The van der Waals surface area contributed by atoms with Gasteiger partial charge in [0.2, 0.25) is 0 Å². The highest BCUT2D eigenvalue weighted by Crippen LogP contribution is 2.18. The van der Waals surface area contributed by atoms with E-state index in [4.69, 9.17) is 0 Å². The van der Waals surface area contributed by atoms with Crippen LogP contribution in [0, 0.1) is 20.8 Å². The van der Waals surface area contributed by atoms with E-state index in [9.17, 15) is 9.90 Å². The highest BCUT2D eigenvalue weighted by molar-refractivity contribution is 6.00. The largest absolute Gasteiger partial charge is 0.392 e. The molecule has 0 spiro atoms. The van der Waals surface area contributed by atoms with Gasteiger partial charge in [-0.15, -0.1) is 0 Å². The van der Waals surface area contributed by atoms with Crippen LogP contribution in [0.2, 0.25) is 0 Å². The van der Waals surface area contributed by atoms with Crippen LogP contribution in [0.4, 0.5) is 0 Å². The van der Waals surface area contributed by atoms with Crippen LogP contribution in [0.1, 0.15) is 39.9 Å². The smallest absolute Gasteiger partial charge is 0.177 e. The molecule has 1 aliphatic heterocycles. The average molecular weight is 261 g/mol. The van der Waals surface area contributed by atoms with Crippen LogP contribution < -0.4 is 0 Å². The zero-order chi connectivity index (χ0) is 14.0.